The zero-order valence-corrected chi connectivity index (χ0v) is 25.6. The van der Waals surface area contributed by atoms with Crippen LogP contribution in [-0.2, 0) is 33.9 Å². The van der Waals surface area contributed by atoms with E-state index < -0.39 is 21.9 Å². The Labute approximate surface area is 238 Å². The summed E-state index contributed by atoms with van der Waals surface area (Å²) < 4.78 is 37.1. The molecule has 1 aliphatic rings. The fourth-order valence-corrected chi connectivity index (χ4v) is 6.62. The maximum Gasteiger partial charge on any atom is 0.392 e. The molecule has 1 aliphatic carbocycles. The number of carboxylic acid groups (broad SMARTS) is 1. The molecule has 0 amide bonds. The molecule has 9 heteroatoms. The molecule has 4 rings (SSSR count). The van der Waals surface area contributed by atoms with E-state index in [2.05, 4.69) is 74.0 Å². The first kappa shape index (κ1) is 30.1. The largest absolute Gasteiger partial charge is 0.474 e. The van der Waals surface area contributed by atoms with Gasteiger partial charge < -0.3 is 14.1 Å². The average molecular weight is 570 g/mol. The summed E-state index contributed by atoms with van der Waals surface area (Å²) in [7, 11) is -3.93. The van der Waals surface area contributed by atoms with E-state index in [1.54, 1.807) is 6.07 Å². The van der Waals surface area contributed by atoms with Gasteiger partial charge >= 0.3 is 11.9 Å². The second-order valence-electron chi connectivity index (χ2n) is 13.2. The average Bonchev–Trinajstić information content (AvgIpc) is 3.48. The molecular weight excluding hydrogens is 526 g/mol. The number of nitrogens with zero attached hydrogens (tertiary/aromatic N) is 2. The van der Waals surface area contributed by atoms with Gasteiger partial charge in [0.25, 0.3) is 0 Å². The Bertz CT molecular complexity index is 1450. The smallest absolute Gasteiger partial charge is 0.392 e. The zero-order chi connectivity index (χ0) is 29.5. The van der Waals surface area contributed by atoms with Crippen molar-refractivity contribution in [1.82, 2.24) is 14.3 Å². The zero-order valence-electron chi connectivity index (χ0n) is 24.8. The lowest BCUT2D eigenvalue weighted by molar-refractivity contribution is 0.0651. The molecule has 1 fully saturated rings. The minimum absolute atomic E-state index is 0.0752. The minimum atomic E-state index is -3.93. The molecular formula is C31H43N3O5S. The quantitative estimate of drug-likeness (QED) is 0.308. The monoisotopic (exact) mass is 569 g/mol. The van der Waals surface area contributed by atoms with Gasteiger partial charge in [0, 0.05) is 17.9 Å². The van der Waals surface area contributed by atoms with Crippen LogP contribution in [0.25, 0.3) is 11.3 Å². The van der Waals surface area contributed by atoms with Crippen LogP contribution < -0.4 is 4.72 Å². The van der Waals surface area contributed by atoms with E-state index in [1.165, 1.54) is 36.6 Å². The number of nitrogens with one attached hydrogen (secondary N) is 1. The van der Waals surface area contributed by atoms with Crippen LogP contribution in [0, 0.1) is 12.8 Å². The van der Waals surface area contributed by atoms with E-state index in [4.69, 9.17) is 9.52 Å². The second kappa shape index (κ2) is 11.2. The highest BCUT2D eigenvalue weighted by Gasteiger charge is 2.28. The lowest BCUT2D eigenvalue weighted by Crippen LogP contribution is -2.24. The van der Waals surface area contributed by atoms with Gasteiger partial charge in [-0.3, -0.25) is 0 Å². The lowest BCUT2D eigenvalue weighted by Gasteiger charge is -2.27. The summed E-state index contributed by atoms with van der Waals surface area (Å²) in [6.45, 7) is 15.6. The number of hydrogen-bond donors (Lipinski definition) is 2. The van der Waals surface area contributed by atoms with Gasteiger partial charge in [0.05, 0.1) is 12.7 Å². The standard InChI is InChI=1S/C31H43N3O5S/c1-20-27(40(37,38)33-18-25-17-32-28(39-25)29(35)36)16-26(34(20)19-21-11-9-8-10-12-21)22-13-23(30(2,3)4)15-24(14-22)31(5,6)7/h13-17,21,33H,8-12,18-19H2,1-7H3,(H,35,36). The molecule has 3 aromatic rings. The third-order valence-corrected chi connectivity index (χ3v) is 9.43. The highest BCUT2D eigenvalue weighted by molar-refractivity contribution is 7.89. The van der Waals surface area contributed by atoms with E-state index in [-0.39, 0.29) is 28.0 Å². The van der Waals surface area contributed by atoms with Crippen molar-refractivity contribution in [2.75, 3.05) is 0 Å². The van der Waals surface area contributed by atoms with Crippen molar-refractivity contribution in [2.45, 2.75) is 109 Å². The van der Waals surface area contributed by atoms with E-state index in [0.29, 0.717) is 11.6 Å². The van der Waals surface area contributed by atoms with Gasteiger partial charge in [-0.2, -0.15) is 0 Å². The topological polar surface area (TPSA) is 114 Å². The first-order valence-corrected chi connectivity index (χ1v) is 15.6. The first-order valence-electron chi connectivity index (χ1n) is 14.1. The number of sulfonamides is 1. The number of benzene rings is 1. The number of rotatable bonds is 8. The molecule has 0 aliphatic heterocycles. The molecule has 0 spiro atoms. The van der Waals surface area contributed by atoms with Crippen molar-refractivity contribution in [3.8, 4) is 11.3 Å². The molecule has 0 atom stereocenters. The van der Waals surface area contributed by atoms with Crippen LogP contribution in [0.4, 0.5) is 0 Å². The van der Waals surface area contributed by atoms with Crippen molar-refractivity contribution in [3.63, 3.8) is 0 Å². The SMILES string of the molecule is Cc1c(S(=O)(=O)NCc2cnc(C(=O)O)o2)cc(-c2cc(C(C)(C)C)cc(C(C)(C)C)c2)n1CC1CCCCC1. The summed E-state index contributed by atoms with van der Waals surface area (Å²) >= 11 is 0. The molecule has 8 nitrogen and oxygen atoms in total. The Kier molecular flexibility index (Phi) is 8.39. The van der Waals surface area contributed by atoms with E-state index in [0.717, 1.165) is 30.6 Å². The molecule has 218 valence electrons. The van der Waals surface area contributed by atoms with Gasteiger partial charge in [0.15, 0.2) is 0 Å². The normalized spacial score (nSPS) is 15.5. The van der Waals surface area contributed by atoms with Crippen LogP contribution in [0.5, 0.6) is 0 Å². The molecule has 0 bridgehead atoms. The molecule has 0 unspecified atom stereocenters. The first-order chi connectivity index (χ1) is 18.6. The summed E-state index contributed by atoms with van der Waals surface area (Å²) in [5.41, 5.74) is 4.87. The maximum atomic E-state index is 13.6. The van der Waals surface area contributed by atoms with E-state index in [1.807, 2.05) is 6.92 Å². The Hall–Kier alpha value is -2.91. The molecule has 2 heterocycles. The number of hydrogen-bond acceptors (Lipinski definition) is 5. The van der Waals surface area contributed by atoms with Crippen molar-refractivity contribution in [2.24, 2.45) is 5.92 Å². The summed E-state index contributed by atoms with van der Waals surface area (Å²) in [4.78, 5) is 15.0. The third kappa shape index (κ3) is 6.69. The molecule has 40 heavy (non-hydrogen) atoms. The summed E-state index contributed by atoms with van der Waals surface area (Å²) in [5.74, 6) is -1.15. The summed E-state index contributed by atoms with van der Waals surface area (Å²) in [5, 5.41) is 9.06. The summed E-state index contributed by atoms with van der Waals surface area (Å²) in [6.07, 6.45) is 7.18. The second-order valence-corrected chi connectivity index (χ2v) is 14.9. The Morgan fingerprint density at radius 3 is 2.15 bits per heavy atom. The van der Waals surface area contributed by atoms with Crippen LogP contribution in [0.3, 0.4) is 0 Å². The Balaban J connectivity index is 1.80. The molecule has 1 aromatic carbocycles. The predicted octanol–water partition coefficient (Wildman–Crippen LogP) is 6.80. The van der Waals surface area contributed by atoms with Crippen LogP contribution in [-0.4, -0.2) is 29.0 Å². The van der Waals surface area contributed by atoms with Crippen LogP contribution in [0.2, 0.25) is 0 Å². The third-order valence-electron chi connectivity index (χ3n) is 7.91. The van der Waals surface area contributed by atoms with E-state index >= 15 is 0 Å². The van der Waals surface area contributed by atoms with Gasteiger partial charge in [0.2, 0.25) is 10.0 Å². The van der Waals surface area contributed by atoms with E-state index in [9.17, 15) is 13.2 Å². The van der Waals surface area contributed by atoms with Crippen molar-refractivity contribution in [3.05, 3.63) is 58.9 Å². The fraction of sp³-hybridized carbons (Fsp3) is 0.548. The Morgan fingerprint density at radius 1 is 1.02 bits per heavy atom. The highest BCUT2D eigenvalue weighted by Crippen LogP contribution is 2.37. The van der Waals surface area contributed by atoms with Gasteiger partial charge in [0.1, 0.15) is 10.7 Å². The molecule has 2 aromatic heterocycles. The Morgan fingerprint density at radius 2 is 1.62 bits per heavy atom. The van der Waals surface area contributed by atoms with Gasteiger partial charge in [-0.25, -0.2) is 22.9 Å². The molecule has 2 N–H and O–H groups in total. The number of carboxylic acids is 1. The molecule has 0 saturated heterocycles. The maximum absolute atomic E-state index is 13.6. The van der Waals surface area contributed by atoms with Crippen molar-refractivity contribution in [1.29, 1.82) is 0 Å². The predicted molar refractivity (Wildman–Crippen MR) is 156 cm³/mol. The van der Waals surface area contributed by atoms with Crippen LogP contribution >= 0.6 is 0 Å². The fourth-order valence-electron chi connectivity index (χ4n) is 5.37. The molecule has 0 radical (unpaired) electrons. The van der Waals surface area contributed by atoms with Gasteiger partial charge in [-0.15, -0.1) is 0 Å². The molecule has 1 saturated carbocycles. The van der Waals surface area contributed by atoms with Crippen molar-refractivity contribution < 1.29 is 22.7 Å². The summed E-state index contributed by atoms with van der Waals surface area (Å²) in [6, 6.07) is 8.46. The minimum Gasteiger partial charge on any atom is -0.474 e. The van der Waals surface area contributed by atoms with Gasteiger partial charge in [-0.05, 0) is 71.4 Å². The highest BCUT2D eigenvalue weighted by atomic mass is 32.2. The van der Waals surface area contributed by atoms with Crippen molar-refractivity contribution >= 4 is 16.0 Å². The van der Waals surface area contributed by atoms with Crippen LogP contribution in [0.15, 0.2) is 39.8 Å². The number of carbonyl (C=O) groups is 1. The number of aromatic carboxylic acids is 1. The van der Waals surface area contributed by atoms with Gasteiger partial charge in [-0.1, -0.05) is 66.9 Å². The lowest BCUT2D eigenvalue weighted by atomic mass is 9.79. The number of aromatic nitrogens is 2. The van der Waals surface area contributed by atoms with Crippen LogP contribution in [0.1, 0.15) is 107 Å². The number of oxazole rings is 1.